The molecule has 0 unspecified atom stereocenters. The molecular formula is C88H164O8Pb. The van der Waals surface area contributed by atoms with Crippen LogP contribution >= 0.6 is 0 Å². The molecule has 0 aliphatic carbocycles. The van der Waals surface area contributed by atoms with Crippen LogP contribution in [-0.4, -0.2) is 46.9 Å². The first kappa shape index (κ1) is 94.8. The molecule has 0 atom stereocenters. The van der Waals surface area contributed by atoms with E-state index in [1.807, 2.05) is 0 Å². The molecule has 0 rings (SSSR count). The molecule has 0 amide bonds. The summed E-state index contributed by atoms with van der Waals surface area (Å²) in [6.07, 6.45) is 101. The molecule has 9 heteroatoms. The fourth-order valence-corrected chi connectivity index (χ4v) is 20.0. The van der Waals surface area contributed by atoms with Crippen LogP contribution in [0.15, 0.2) is 48.6 Å². The number of allylic oxidation sites excluding steroid dienone is 8. The fourth-order valence-electron chi connectivity index (χ4n) is 13.1. The van der Waals surface area contributed by atoms with E-state index in [1.54, 1.807) is 0 Å². The number of hydrogen-bond donors (Lipinski definition) is 0. The van der Waals surface area contributed by atoms with Gasteiger partial charge in [-0.3, -0.25) is 0 Å². The van der Waals surface area contributed by atoms with Crippen LogP contribution in [0.1, 0.15) is 490 Å². The minimum atomic E-state index is -6.14. The smallest absolute Gasteiger partial charge is 0.0885 e. The number of hydrogen-bond acceptors (Lipinski definition) is 8. The monoisotopic (exact) mass is 1560 g/mol. The Hall–Kier alpha value is -2.24. The Balaban J connectivity index is 5.49. The second kappa shape index (κ2) is 81.1. The first-order valence-electron chi connectivity index (χ1n) is 43.3. The van der Waals surface area contributed by atoms with Crippen LogP contribution in [0.4, 0.5) is 0 Å². The number of rotatable bonds is 80. The van der Waals surface area contributed by atoms with Crippen LogP contribution in [0.3, 0.4) is 0 Å². The molecule has 0 aliphatic rings. The van der Waals surface area contributed by atoms with Crippen molar-refractivity contribution in [2.24, 2.45) is 0 Å². The maximum atomic E-state index is 13.9. The van der Waals surface area contributed by atoms with Crippen molar-refractivity contribution in [3.63, 3.8) is 0 Å². The molecule has 8 nitrogen and oxygen atoms in total. The Morgan fingerprint density at radius 1 is 0.175 bits per heavy atom. The molecule has 0 fully saturated rings. The summed E-state index contributed by atoms with van der Waals surface area (Å²) < 4.78 is 24.2. The van der Waals surface area contributed by atoms with Crippen LogP contribution < -0.4 is 0 Å². The van der Waals surface area contributed by atoms with Gasteiger partial charge in [-0.15, -0.1) is 0 Å². The summed E-state index contributed by atoms with van der Waals surface area (Å²) in [4.78, 5) is 55.4. The molecule has 0 spiro atoms. The summed E-state index contributed by atoms with van der Waals surface area (Å²) in [7, 11) is 0. The van der Waals surface area contributed by atoms with E-state index in [4.69, 9.17) is 10.7 Å². The van der Waals surface area contributed by atoms with Crippen LogP contribution in [0.2, 0.25) is 0 Å². The van der Waals surface area contributed by atoms with Crippen LogP contribution in [0.5, 0.6) is 0 Å². The quantitative estimate of drug-likeness (QED) is 0.0337. The minimum absolute atomic E-state index is 0.0872. The SMILES string of the molecule is CCCCCCCC/C=C\CCCCCCCCCCCC(=O)[O][Pb]([O]C(=O)CCCCCCCCCCC/C=C\CCCCCCCC)([O]C(=O)CCCCCCCCCCC/C=C\CCCCCCCC)[O]C(=O)CCCCCCCCCCC/C=C\CCCCCCCC. The average Bonchev–Trinajstić information content (AvgIpc) is 0.858. The molecule has 0 N–H and O–H groups in total. The van der Waals surface area contributed by atoms with Crippen molar-refractivity contribution in [1.29, 1.82) is 0 Å². The third-order valence-electron chi connectivity index (χ3n) is 19.5. The molecule has 0 aromatic carbocycles. The standard InChI is InChI=1S/4C22H42O2.Pb/c4*1-2-3-4-5-6-7-8-9-10-11-12-13-14-15-16-17-18-19-20-21-22(23)24;/h4*9-10H,2-8,11-21H2,1H3,(H,23,24);/q;;;;+4/p-4/b4*10-9-;. The first-order valence-corrected chi connectivity index (χ1v) is 49.6. The zero-order valence-corrected chi connectivity index (χ0v) is 69.2. The van der Waals surface area contributed by atoms with Gasteiger partial charge in [-0.1, -0.05) is 205 Å². The van der Waals surface area contributed by atoms with Crippen molar-refractivity contribution < 1.29 is 29.9 Å². The van der Waals surface area contributed by atoms with Gasteiger partial charge in [0.25, 0.3) is 0 Å². The molecule has 568 valence electrons. The summed E-state index contributed by atoms with van der Waals surface area (Å²) >= 11 is -6.14. The minimum Gasteiger partial charge on any atom is -0.0885 e. The Morgan fingerprint density at radius 3 is 0.423 bits per heavy atom. The van der Waals surface area contributed by atoms with Crippen LogP contribution in [0.25, 0.3) is 0 Å². The van der Waals surface area contributed by atoms with E-state index in [0.29, 0.717) is 25.7 Å². The Kier molecular flexibility index (Phi) is 79.2. The second-order valence-corrected chi connectivity index (χ2v) is 36.5. The molecule has 0 heterocycles. The third-order valence-corrected chi connectivity index (χ3v) is 27.0. The number of carbonyl (C=O) groups excluding carboxylic acids is 4. The van der Waals surface area contributed by atoms with Gasteiger partial charge < -0.3 is 0 Å². The van der Waals surface area contributed by atoms with E-state index in [-0.39, 0.29) is 25.7 Å². The zero-order valence-electron chi connectivity index (χ0n) is 65.3. The molecule has 0 radical (unpaired) electrons. The predicted octanol–water partition coefficient (Wildman–Crippen LogP) is 30.0. The van der Waals surface area contributed by atoms with Crippen molar-refractivity contribution in [1.82, 2.24) is 0 Å². The van der Waals surface area contributed by atoms with Gasteiger partial charge in [0.1, 0.15) is 0 Å². The Labute approximate surface area is 611 Å². The summed E-state index contributed by atoms with van der Waals surface area (Å²) in [5, 5.41) is 0. The molecule has 0 saturated heterocycles. The van der Waals surface area contributed by atoms with Crippen LogP contribution in [-0.2, 0) is 29.9 Å². The van der Waals surface area contributed by atoms with Crippen molar-refractivity contribution in [3.05, 3.63) is 48.6 Å². The molecule has 0 aromatic heterocycles. The fraction of sp³-hybridized carbons (Fsp3) is 0.864. The molecular weight excluding hydrogens is 1390 g/mol. The Bertz CT molecular complexity index is 1520. The maximum absolute atomic E-state index is 13.9. The van der Waals surface area contributed by atoms with Gasteiger partial charge in [-0.2, -0.15) is 0 Å². The normalized spacial score (nSPS) is 12.0. The third kappa shape index (κ3) is 76.2. The van der Waals surface area contributed by atoms with Crippen molar-refractivity contribution in [2.75, 3.05) is 0 Å². The topological polar surface area (TPSA) is 105 Å². The van der Waals surface area contributed by atoms with Crippen LogP contribution in [0, 0.1) is 0 Å². The van der Waals surface area contributed by atoms with Gasteiger partial charge in [0.2, 0.25) is 0 Å². The number of carbonyl (C=O) groups is 4. The van der Waals surface area contributed by atoms with Gasteiger partial charge >= 0.3 is 334 Å². The van der Waals surface area contributed by atoms with E-state index in [2.05, 4.69) is 76.3 Å². The van der Waals surface area contributed by atoms with Crippen molar-refractivity contribution in [3.8, 4) is 0 Å². The van der Waals surface area contributed by atoms with E-state index in [1.165, 1.54) is 334 Å². The van der Waals surface area contributed by atoms with E-state index >= 15 is 0 Å². The summed E-state index contributed by atoms with van der Waals surface area (Å²) in [6.45, 7) is 9.10. The molecule has 0 bridgehead atoms. The van der Waals surface area contributed by atoms with Gasteiger partial charge in [-0.25, -0.2) is 0 Å². The summed E-state index contributed by atoms with van der Waals surface area (Å²) in [6, 6.07) is 0. The molecule has 0 aromatic rings. The summed E-state index contributed by atoms with van der Waals surface area (Å²) in [5.41, 5.74) is 0. The molecule has 0 saturated carbocycles. The second-order valence-electron chi connectivity index (χ2n) is 29.4. The van der Waals surface area contributed by atoms with Gasteiger partial charge in [0, 0.05) is 0 Å². The van der Waals surface area contributed by atoms with Crippen molar-refractivity contribution in [2.45, 2.75) is 490 Å². The average molecular weight is 1560 g/mol. The van der Waals surface area contributed by atoms with Gasteiger partial charge in [-0.05, 0) is 77.0 Å². The zero-order chi connectivity index (χ0) is 70.2. The van der Waals surface area contributed by atoms with Gasteiger partial charge in [0.05, 0.1) is 0 Å². The molecule has 0 aliphatic heterocycles. The predicted molar refractivity (Wildman–Crippen MR) is 422 cm³/mol. The van der Waals surface area contributed by atoms with E-state index < -0.39 is 46.9 Å². The molecule has 97 heavy (non-hydrogen) atoms. The van der Waals surface area contributed by atoms with E-state index in [9.17, 15) is 19.2 Å². The number of unbranched alkanes of at least 4 members (excludes halogenated alkanes) is 60. The van der Waals surface area contributed by atoms with Crippen molar-refractivity contribution >= 4 is 46.9 Å². The Morgan fingerprint density at radius 2 is 0.289 bits per heavy atom. The summed E-state index contributed by atoms with van der Waals surface area (Å²) in [5.74, 6) is -2.46. The van der Waals surface area contributed by atoms with Gasteiger partial charge in [0.15, 0.2) is 0 Å². The first-order chi connectivity index (χ1) is 47.8. The van der Waals surface area contributed by atoms with E-state index in [0.717, 1.165) is 77.0 Å².